The van der Waals surface area contributed by atoms with Gasteiger partial charge in [-0.25, -0.2) is 4.79 Å². The molecule has 0 spiro atoms. The highest BCUT2D eigenvalue weighted by molar-refractivity contribution is 7.82. The van der Waals surface area contributed by atoms with Crippen molar-refractivity contribution in [1.29, 1.82) is 0 Å². The average molecular weight is 416 g/mol. The van der Waals surface area contributed by atoms with Crippen LogP contribution in [0.25, 0.3) is 0 Å². The van der Waals surface area contributed by atoms with Crippen molar-refractivity contribution in [3.63, 3.8) is 0 Å². The molecule has 0 bridgehead atoms. The van der Waals surface area contributed by atoms with E-state index >= 15 is 0 Å². The quantitative estimate of drug-likeness (QED) is 0.213. The van der Waals surface area contributed by atoms with Gasteiger partial charge >= 0.3 is 12.0 Å². The topological polar surface area (TPSA) is 113 Å². The molecule has 0 aliphatic carbocycles. The minimum atomic E-state index is -3.18. The molecule has 0 saturated heterocycles. The van der Waals surface area contributed by atoms with Gasteiger partial charge in [0.1, 0.15) is 19.8 Å². The van der Waals surface area contributed by atoms with Crippen molar-refractivity contribution >= 4 is 26.3 Å². The molecule has 2 amide bonds. The average Bonchev–Trinajstić information content (AvgIpc) is 2.57. The summed E-state index contributed by atoms with van der Waals surface area (Å²) in [6.07, 6.45) is 6.49. The fraction of sp³-hybridized carbons (Fsp3) is 0.444. The highest BCUT2D eigenvalue weighted by Gasteiger charge is 2.44. The minimum Gasteiger partial charge on any atom is -0.481 e. The van der Waals surface area contributed by atoms with Crippen LogP contribution >= 0.6 is 14.3 Å². The van der Waals surface area contributed by atoms with Gasteiger partial charge in [-0.3, -0.25) is 4.79 Å². The smallest absolute Gasteiger partial charge is 0.315 e. The van der Waals surface area contributed by atoms with Crippen molar-refractivity contribution in [2.75, 3.05) is 31.2 Å². The predicted molar refractivity (Wildman–Crippen MR) is 113 cm³/mol. The van der Waals surface area contributed by atoms with Gasteiger partial charge in [0.05, 0.1) is 0 Å². The summed E-state index contributed by atoms with van der Waals surface area (Å²) in [5.74, 6) is -0.960. The zero-order valence-electron chi connectivity index (χ0n) is 15.6. The molecule has 27 heavy (non-hydrogen) atoms. The van der Waals surface area contributed by atoms with Crippen LogP contribution in [-0.4, -0.2) is 53.8 Å². The van der Waals surface area contributed by atoms with Gasteiger partial charge in [0, 0.05) is 37.6 Å². The molecule has 0 aromatic heterocycles. The number of carbonyl (C=O) groups excluding carboxylic acids is 1. The number of hydrogen-bond acceptors (Lipinski definition) is 4. The lowest BCUT2D eigenvalue weighted by Crippen LogP contribution is -2.43. The van der Waals surface area contributed by atoms with Crippen LogP contribution in [0.4, 0.5) is 4.79 Å². The van der Waals surface area contributed by atoms with Crippen LogP contribution in [0.1, 0.15) is 12.8 Å². The van der Waals surface area contributed by atoms with E-state index in [1.165, 1.54) is 24.3 Å². The molecule has 0 rings (SSSR count). The maximum atomic E-state index is 13.6. The molecule has 7 nitrogen and oxygen atoms in total. The Hall–Kier alpha value is -1.84. The number of nitrogens with one attached hydrogen (secondary N) is 2. The number of hydrogen-bond donors (Lipinski definition) is 3. The summed E-state index contributed by atoms with van der Waals surface area (Å²) in [6.45, 7) is 14.6. The fourth-order valence-corrected chi connectivity index (χ4v) is 10.4. The summed E-state index contributed by atoms with van der Waals surface area (Å²) in [5.41, 5.74) is -1.07. The standard InChI is InChI=1S/C18H30N2O5P2/c1-5-12-26(24,13-6-2)18(27(25,14-7-3)15-8-4)20-17(23)19-11-9-10-16(21)22/h5-8,18H,1-4,9-15H2,(H,21,22)(H2,19,20,23). The lowest BCUT2D eigenvalue weighted by Gasteiger charge is -2.33. The van der Waals surface area contributed by atoms with Crippen molar-refractivity contribution in [2.45, 2.75) is 18.4 Å². The van der Waals surface area contributed by atoms with E-state index < -0.39 is 31.8 Å². The van der Waals surface area contributed by atoms with E-state index in [0.717, 1.165) is 0 Å². The zero-order chi connectivity index (χ0) is 20.9. The van der Waals surface area contributed by atoms with Crippen LogP contribution in [0.15, 0.2) is 50.6 Å². The van der Waals surface area contributed by atoms with E-state index in [2.05, 4.69) is 36.9 Å². The van der Waals surface area contributed by atoms with Gasteiger partial charge in [0.25, 0.3) is 0 Å². The van der Waals surface area contributed by atoms with Crippen molar-refractivity contribution in [3.8, 4) is 0 Å². The SMILES string of the molecule is C=CCP(=O)(CC=C)C(NC(=O)NCCCC(=O)O)P(=O)(CC=C)CC=C. The second-order valence-corrected chi connectivity index (χ2v) is 12.8. The Kier molecular flexibility index (Phi) is 11.7. The van der Waals surface area contributed by atoms with Gasteiger partial charge in [-0.1, -0.05) is 24.3 Å². The molecule has 3 N–H and O–H groups in total. The number of rotatable bonds is 15. The molecule has 0 aromatic rings. The molecule has 0 aliphatic rings. The molecule has 0 atom stereocenters. The van der Waals surface area contributed by atoms with E-state index in [-0.39, 0.29) is 44.0 Å². The first-order chi connectivity index (χ1) is 12.7. The van der Waals surface area contributed by atoms with E-state index in [1.807, 2.05) is 0 Å². The predicted octanol–water partition coefficient (Wildman–Crippen LogP) is 3.90. The molecule has 0 unspecified atom stereocenters. The van der Waals surface area contributed by atoms with E-state index in [0.29, 0.717) is 0 Å². The van der Waals surface area contributed by atoms with Gasteiger partial charge < -0.3 is 24.9 Å². The van der Waals surface area contributed by atoms with Crippen LogP contribution in [0.5, 0.6) is 0 Å². The summed E-state index contributed by atoms with van der Waals surface area (Å²) < 4.78 is 27.1. The molecule has 9 heteroatoms. The largest absolute Gasteiger partial charge is 0.481 e. The lowest BCUT2D eigenvalue weighted by molar-refractivity contribution is -0.137. The van der Waals surface area contributed by atoms with Gasteiger partial charge in [0.15, 0.2) is 0 Å². The number of amides is 2. The summed E-state index contributed by atoms with van der Waals surface area (Å²) in [4.78, 5) is 22.8. The molecule has 0 aliphatic heterocycles. The highest BCUT2D eigenvalue weighted by atomic mass is 31.2. The van der Waals surface area contributed by atoms with Gasteiger partial charge in [-0.15, -0.1) is 26.3 Å². The van der Waals surface area contributed by atoms with Crippen molar-refractivity contribution in [3.05, 3.63) is 50.6 Å². The lowest BCUT2D eigenvalue weighted by atomic mass is 10.3. The Morgan fingerprint density at radius 3 is 1.63 bits per heavy atom. The molecular formula is C18H30N2O5P2. The summed E-state index contributed by atoms with van der Waals surface area (Å²) in [5, 5.41) is 13.8. The monoisotopic (exact) mass is 416 g/mol. The summed E-state index contributed by atoms with van der Waals surface area (Å²) in [7, 11) is -6.36. The zero-order valence-corrected chi connectivity index (χ0v) is 17.4. The number of carboxylic acids is 1. The molecule has 0 aromatic carbocycles. The van der Waals surface area contributed by atoms with Crippen LogP contribution < -0.4 is 10.6 Å². The number of aliphatic carboxylic acids is 1. The molecule has 152 valence electrons. The third-order valence-electron chi connectivity index (χ3n) is 3.76. The van der Waals surface area contributed by atoms with E-state index in [4.69, 9.17) is 5.11 Å². The van der Waals surface area contributed by atoms with Crippen molar-refractivity contribution in [2.24, 2.45) is 0 Å². The molecule has 0 saturated carbocycles. The summed E-state index contributed by atoms with van der Waals surface area (Å²) in [6, 6.07) is -0.646. The maximum absolute atomic E-state index is 13.6. The van der Waals surface area contributed by atoms with Crippen LogP contribution in [-0.2, 0) is 13.9 Å². The minimum absolute atomic E-state index is 0.0828. The number of urea groups is 1. The maximum Gasteiger partial charge on any atom is 0.315 e. The molecule has 0 radical (unpaired) electrons. The second-order valence-electron chi connectivity index (χ2n) is 6.06. The Bertz CT molecular complexity index is 594. The van der Waals surface area contributed by atoms with Crippen molar-refractivity contribution in [1.82, 2.24) is 10.6 Å². The number of carboxylic acid groups (broad SMARTS) is 1. The number of carbonyl (C=O) groups is 2. The Balaban J connectivity index is 5.63. The Morgan fingerprint density at radius 1 is 0.889 bits per heavy atom. The molecule has 0 fully saturated rings. The van der Waals surface area contributed by atoms with Crippen LogP contribution in [0.2, 0.25) is 0 Å². The van der Waals surface area contributed by atoms with E-state index in [1.54, 1.807) is 0 Å². The number of allylic oxidation sites excluding steroid dienone is 4. The van der Waals surface area contributed by atoms with Gasteiger partial charge in [0.2, 0.25) is 0 Å². The van der Waals surface area contributed by atoms with Crippen molar-refractivity contribution < 1.29 is 23.8 Å². The normalized spacial score (nSPS) is 11.4. The second kappa shape index (κ2) is 12.5. The first-order valence-corrected chi connectivity index (χ1v) is 12.8. The highest BCUT2D eigenvalue weighted by Crippen LogP contribution is 2.67. The van der Waals surface area contributed by atoms with Crippen LogP contribution in [0, 0.1) is 0 Å². The fourth-order valence-electron chi connectivity index (χ4n) is 2.65. The third-order valence-corrected chi connectivity index (χ3v) is 11.8. The van der Waals surface area contributed by atoms with Gasteiger partial charge in [-0.05, 0) is 6.42 Å². The third kappa shape index (κ3) is 8.59. The summed E-state index contributed by atoms with van der Waals surface area (Å²) >= 11 is 0. The first-order valence-electron chi connectivity index (χ1n) is 8.54. The van der Waals surface area contributed by atoms with Crippen LogP contribution in [0.3, 0.4) is 0 Å². The Labute approximate surface area is 161 Å². The molecule has 0 heterocycles. The Morgan fingerprint density at radius 2 is 1.30 bits per heavy atom. The van der Waals surface area contributed by atoms with Gasteiger partial charge in [-0.2, -0.15) is 0 Å². The molecular weight excluding hydrogens is 386 g/mol. The first kappa shape index (κ1) is 25.2. The van der Waals surface area contributed by atoms with E-state index in [9.17, 15) is 18.7 Å².